The normalized spacial score (nSPS) is 24.8. The molecule has 0 aromatic carbocycles. The van der Waals surface area contributed by atoms with Gasteiger partial charge in [0, 0.05) is 69.5 Å². The first-order valence-electron chi connectivity index (χ1n) is 9.95. The second-order valence-corrected chi connectivity index (χ2v) is 8.06. The van der Waals surface area contributed by atoms with Crippen molar-refractivity contribution >= 4 is 11.8 Å². The van der Waals surface area contributed by atoms with Gasteiger partial charge in [-0.1, -0.05) is 0 Å². The summed E-state index contributed by atoms with van der Waals surface area (Å²) < 4.78 is 1.83. The summed E-state index contributed by atoms with van der Waals surface area (Å²) >= 11 is 0. The smallest absolute Gasteiger partial charge is 0.223 e. The lowest BCUT2D eigenvalue weighted by Crippen LogP contribution is -2.41. The molecule has 0 unspecified atom stereocenters. The Morgan fingerprint density at radius 2 is 2.11 bits per heavy atom. The van der Waals surface area contributed by atoms with Crippen molar-refractivity contribution in [2.24, 2.45) is 23.2 Å². The van der Waals surface area contributed by atoms with E-state index in [0.717, 1.165) is 18.5 Å². The van der Waals surface area contributed by atoms with Crippen LogP contribution in [0.1, 0.15) is 50.1 Å². The molecule has 1 aromatic heterocycles. The highest BCUT2D eigenvalue weighted by atomic mass is 16.2. The van der Waals surface area contributed by atoms with Crippen molar-refractivity contribution in [1.82, 2.24) is 20.0 Å². The Bertz CT molecular complexity index is 828. The lowest BCUT2D eigenvalue weighted by molar-refractivity contribution is -0.131. The van der Waals surface area contributed by atoms with E-state index in [0.29, 0.717) is 38.8 Å². The minimum Gasteiger partial charge on any atom is -0.351 e. The van der Waals surface area contributed by atoms with Crippen LogP contribution in [0.5, 0.6) is 0 Å². The first kappa shape index (κ1) is 18.7. The number of aryl methyl sites for hydroxylation is 1. The number of carbonyl (C=O) groups is 2. The fourth-order valence-electron chi connectivity index (χ4n) is 3.98. The molecule has 2 aliphatic heterocycles. The third kappa shape index (κ3) is 3.93. The molecular formula is C20H26N6O2. The molecule has 0 spiro atoms. The third-order valence-corrected chi connectivity index (χ3v) is 5.98. The Labute approximate surface area is 164 Å². The third-order valence-electron chi connectivity index (χ3n) is 5.98. The fourth-order valence-corrected chi connectivity index (χ4v) is 3.98. The molecule has 28 heavy (non-hydrogen) atoms. The van der Waals surface area contributed by atoms with Gasteiger partial charge in [0.25, 0.3) is 0 Å². The van der Waals surface area contributed by atoms with Crippen molar-refractivity contribution in [3.05, 3.63) is 18.0 Å². The number of amides is 2. The van der Waals surface area contributed by atoms with E-state index in [2.05, 4.69) is 26.6 Å². The van der Waals surface area contributed by atoms with Gasteiger partial charge >= 0.3 is 0 Å². The molecule has 0 radical (unpaired) electrons. The summed E-state index contributed by atoms with van der Waals surface area (Å²) in [6.07, 6.45) is 11.3. The second kappa shape index (κ2) is 7.38. The van der Waals surface area contributed by atoms with Crippen LogP contribution >= 0.6 is 0 Å². The first-order chi connectivity index (χ1) is 13.5. The maximum atomic E-state index is 12.8. The number of hydrogen-bond donors (Lipinski definition) is 1. The highest BCUT2D eigenvalue weighted by Crippen LogP contribution is 2.38. The van der Waals surface area contributed by atoms with Gasteiger partial charge < -0.3 is 10.2 Å². The van der Waals surface area contributed by atoms with Crippen LogP contribution in [-0.4, -0.2) is 51.3 Å². The Hall–Kier alpha value is -2.69. The zero-order valence-electron chi connectivity index (χ0n) is 16.2. The van der Waals surface area contributed by atoms with Gasteiger partial charge in [-0.3, -0.25) is 14.3 Å². The Balaban J connectivity index is 1.39. The first-order valence-corrected chi connectivity index (χ1v) is 9.95. The largest absolute Gasteiger partial charge is 0.351 e. The van der Waals surface area contributed by atoms with E-state index in [4.69, 9.17) is 6.42 Å². The highest BCUT2D eigenvalue weighted by Gasteiger charge is 2.43. The van der Waals surface area contributed by atoms with Crippen molar-refractivity contribution in [2.45, 2.75) is 56.1 Å². The average molecular weight is 382 g/mol. The molecule has 1 N–H and O–H groups in total. The van der Waals surface area contributed by atoms with Crippen LogP contribution < -0.4 is 5.32 Å². The van der Waals surface area contributed by atoms with Crippen LogP contribution in [0, 0.1) is 18.3 Å². The summed E-state index contributed by atoms with van der Waals surface area (Å²) in [4.78, 5) is 27.0. The zero-order valence-corrected chi connectivity index (χ0v) is 16.2. The van der Waals surface area contributed by atoms with Gasteiger partial charge in [0.1, 0.15) is 0 Å². The second-order valence-electron chi connectivity index (χ2n) is 8.06. The van der Waals surface area contributed by atoms with Crippen molar-refractivity contribution in [2.75, 3.05) is 13.1 Å². The number of nitrogens with one attached hydrogen (secondary N) is 1. The van der Waals surface area contributed by atoms with Gasteiger partial charge in [-0.15, -0.1) is 12.3 Å². The van der Waals surface area contributed by atoms with Gasteiger partial charge in [0.2, 0.25) is 11.8 Å². The molecular weight excluding hydrogens is 356 g/mol. The maximum Gasteiger partial charge on any atom is 0.223 e. The number of nitrogens with zero attached hydrogens (tertiary/aromatic N) is 5. The van der Waals surface area contributed by atoms with Crippen LogP contribution in [0.4, 0.5) is 0 Å². The van der Waals surface area contributed by atoms with E-state index in [1.807, 2.05) is 22.7 Å². The molecule has 1 aliphatic carbocycles. The van der Waals surface area contributed by atoms with Gasteiger partial charge in [-0.2, -0.15) is 15.3 Å². The molecule has 3 heterocycles. The molecule has 1 saturated carbocycles. The molecule has 2 atom stereocenters. The number of carbonyl (C=O) groups excluding carboxylic acids is 2. The van der Waals surface area contributed by atoms with Crippen LogP contribution in [0.2, 0.25) is 0 Å². The SMILES string of the molecule is C#CCCC1(CCC(=O)N2C[C@@H](NC(=O)C3CC3)[C@H](c3ccnn3C)C2)N=N1. The summed E-state index contributed by atoms with van der Waals surface area (Å²) in [6.45, 7) is 1.11. The van der Waals surface area contributed by atoms with Crippen LogP contribution in [0.15, 0.2) is 22.5 Å². The Morgan fingerprint density at radius 1 is 1.32 bits per heavy atom. The Kier molecular flexibility index (Phi) is 4.92. The molecule has 8 heteroatoms. The predicted molar refractivity (Wildman–Crippen MR) is 102 cm³/mol. The summed E-state index contributed by atoms with van der Waals surface area (Å²) in [7, 11) is 1.89. The summed E-state index contributed by atoms with van der Waals surface area (Å²) in [6, 6.07) is 1.88. The zero-order chi connectivity index (χ0) is 19.7. The molecule has 1 aromatic rings. The van der Waals surface area contributed by atoms with Crippen molar-refractivity contribution in [1.29, 1.82) is 0 Å². The van der Waals surface area contributed by atoms with E-state index in [1.165, 1.54) is 0 Å². The minimum atomic E-state index is -0.442. The lowest BCUT2D eigenvalue weighted by Gasteiger charge is -2.19. The van der Waals surface area contributed by atoms with Crippen LogP contribution in [0.3, 0.4) is 0 Å². The number of aromatic nitrogens is 2. The molecule has 0 bridgehead atoms. The average Bonchev–Trinajstić information content (AvgIpc) is 3.59. The monoisotopic (exact) mass is 382 g/mol. The molecule has 2 fully saturated rings. The molecule has 8 nitrogen and oxygen atoms in total. The van der Waals surface area contributed by atoms with Crippen molar-refractivity contribution in [3.63, 3.8) is 0 Å². The summed E-state index contributed by atoms with van der Waals surface area (Å²) in [5, 5.41) is 15.6. The fraction of sp³-hybridized carbons (Fsp3) is 0.650. The van der Waals surface area contributed by atoms with Gasteiger partial charge in [-0.25, -0.2) is 0 Å². The van der Waals surface area contributed by atoms with E-state index in [1.54, 1.807) is 6.20 Å². The van der Waals surface area contributed by atoms with E-state index < -0.39 is 5.66 Å². The molecule has 4 rings (SSSR count). The molecule has 1 saturated heterocycles. The minimum absolute atomic E-state index is 0.0462. The summed E-state index contributed by atoms with van der Waals surface area (Å²) in [5.41, 5.74) is 0.595. The quantitative estimate of drug-likeness (QED) is 0.692. The van der Waals surface area contributed by atoms with E-state index in [9.17, 15) is 9.59 Å². The van der Waals surface area contributed by atoms with Crippen LogP contribution in [0.25, 0.3) is 0 Å². The van der Waals surface area contributed by atoms with Gasteiger partial charge in [0.15, 0.2) is 5.66 Å². The van der Waals surface area contributed by atoms with E-state index in [-0.39, 0.29) is 29.7 Å². The maximum absolute atomic E-state index is 12.8. The Morgan fingerprint density at radius 3 is 2.71 bits per heavy atom. The highest BCUT2D eigenvalue weighted by molar-refractivity contribution is 5.82. The topological polar surface area (TPSA) is 92.0 Å². The number of likely N-dealkylation sites (tertiary alicyclic amines) is 1. The van der Waals surface area contributed by atoms with Gasteiger partial charge in [0.05, 0.1) is 6.04 Å². The van der Waals surface area contributed by atoms with Crippen molar-refractivity contribution < 1.29 is 9.59 Å². The molecule has 2 amide bonds. The van der Waals surface area contributed by atoms with Crippen LogP contribution in [-0.2, 0) is 16.6 Å². The molecule has 148 valence electrons. The van der Waals surface area contributed by atoms with E-state index >= 15 is 0 Å². The van der Waals surface area contributed by atoms with Gasteiger partial charge in [-0.05, 0) is 18.9 Å². The molecule has 3 aliphatic rings. The number of rotatable bonds is 8. The lowest BCUT2D eigenvalue weighted by atomic mass is 9.99. The number of terminal acetylenes is 1. The number of hydrogen-bond acceptors (Lipinski definition) is 5. The van der Waals surface area contributed by atoms with Crippen molar-refractivity contribution in [3.8, 4) is 12.3 Å². The standard InChI is InChI=1S/C20H26N6O2/c1-3-4-9-20(23-24-20)10-7-18(27)26-12-15(17-8-11-21-25(17)2)16(13-26)22-19(28)14-5-6-14/h1,8,11,14-16H,4-7,9-10,12-13H2,2H3,(H,22,28)/t15-,16-/m1/s1. The predicted octanol–water partition coefficient (Wildman–Crippen LogP) is 1.60. The summed E-state index contributed by atoms with van der Waals surface area (Å²) in [5.74, 6) is 2.98.